The number of rotatable bonds is 5. The smallest absolute Gasteiger partial charge is 0.121 e. The molecule has 2 rings (SSSR count). The maximum Gasteiger partial charge on any atom is 0.121 e. The molecule has 100 valence electrons. The fourth-order valence-electron chi connectivity index (χ4n) is 2.54. The summed E-state index contributed by atoms with van der Waals surface area (Å²) in [5.41, 5.74) is 2.52. The highest BCUT2D eigenvalue weighted by atomic mass is 16.5. The predicted octanol–water partition coefficient (Wildman–Crippen LogP) is 2.24. The molecule has 0 bridgehead atoms. The van der Waals surface area contributed by atoms with Crippen molar-refractivity contribution in [3.8, 4) is 5.75 Å². The summed E-state index contributed by atoms with van der Waals surface area (Å²) in [6.07, 6.45) is 3.99. The summed E-state index contributed by atoms with van der Waals surface area (Å²) in [6.45, 7) is 5.26. The van der Waals surface area contributed by atoms with E-state index in [4.69, 9.17) is 4.74 Å². The van der Waals surface area contributed by atoms with Crippen molar-refractivity contribution in [1.82, 2.24) is 10.6 Å². The molecule has 1 saturated heterocycles. The molecule has 0 aromatic heterocycles. The average molecular weight is 248 g/mol. The third-order valence-electron chi connectivity index (χ3n) is 3.59. The molecule has 0 saturated carbocycles. The number of piperidine rings is 1. The molecular formula is C15H24N2O. The Hall–Kier alpha value is -1.06. The van der Waals surface area contributed by atoms with Crippen LogP contribution in [-0.4, -0.2) is 26.2 Å². The fraction of sp³-hybridized carbons (Fsp3) is 0.600. The zero-order chi connectivity index (χ0) is 12.8. The van der Waals surface area contributed by atoms with Crippen LogP contribution in [0.4, 0.5) is 0 Å². The largest absolute Gasteiger partial charge is 0.496 e. The number of aryl methyl sites for hydroxylation is 1. The molecule has 1 aliphatic heterocycles. The van der Waals surface area contributed by atoms with Crippen LogP contribution in [0.15, 0.2) is 18.2 Å². The molecule has 1 aromatic rings. The zero-order valence-corrected chi connectivity index (χ0v) is 11.5. The van der Waals surface area contributed by atoms with Gasteiger partial charge in [0, 0.05) is 19.1 Å². The van der Waals surface area contributed by atoms with E-state index >= 15 is 0 Å². The number of ether oxygens (including phenoxy) is 1. The first-order chi connectivity index (χ1) is 8.79. The maximum atomic E-state index is 5.27. The zero-order valence-electron chi connectivity index (χ0n) is 11.5. The minimum absolute atomic E-state index is 0.651. The fourth-order valence-corrected chi connectivity index (χ4v) is 2.54. The molecule has 0 amide bonds. The van der Waals surface area contributed by atoms with Crippen molar-refractivity contribution in [2.45, 2.75) is 38.8 Å². The molecule has 1 atom stereocenters. The number of hydrogen-bond donors (Lipinski definition) is 2. The number of nitrogens with one attached hydrogen (secondary N) is 2. The molecular weight excluding hydrogens is 224 g/mol. The molecule has 1 unspecified atom stereocenters. The minimum atomic E-state index is 0.651. The third-order valence-corrected chi connectivity index (χ3v) is 3.59. The van der Waals surface area contributed by atoms with Gasteiger partial charge in [-0.1, -0.05) is 18.6 Å². The molecule has 1 aliphatic rings. The van der Waals surface area contributed by atoms with Gasteiger partial charge in [-0.2, -0.15) is 0 Å². The van der Waals surface area contributed by atoms with Crippen LogP contribution < -0.4 is 15.4 Å². The first-order valence-electron chi connectivity index (χ1n) is 6.87. The van der Waals surface area contributed by atoms with Gasteiger partial charge in [0.1, 0.15) is 5.75 Å². The lowest BCUT2D eigenvalue weighted by molar-refractivity contribution is 0.383. The molecule has 18 heavy (non-hydrogen) atoms. The monoisotopic (exact) mass is 248 g/mol. The average Bonchev–Trinajstić information content (AvgIpc) is 2.40. The second-order valence-corrected chi connectivity index (χ2v) is 5.08. The van der Waals surface area contributed by atoms with E-state index in [0.29, 0.717) is 6.04 Å². The van der Waals surface area contributed by atoms with Crippen molar-refractivity contribution in [2.24, 2.45) is 0 Å². The van der Waals surface area contributed by atoms with Crippen molar-refractivity contribution in [3.63, 3.8) is 0 Å². The Balaban J connectivity index is 1.77. The van der Waals surface area contributed by atoms with Crippen LogP contribution in [0.5, 0.6) is 5.75 Å². The lowest BCUT2D eigenvalue weighted by Crippen LogP contribution is -2.41. The van der Waals surface area contributed by atoms with Crippen LogP contribution in [0.3, 0.4) is 0 Å². The summed E-state index contributed by atoms with van der Waals surface area (Å²) in [4.78, 5) is 0. The van der Waals surface area contributed by atoms with Gasteiger partial charge in [0.15, 0.2) is 0 Å². The lowest BCUT2D eigenvalue weighted by Gasteiger charge is -2.23. The third kappa shape index (κ3) is 3.72. The van der Waals surface area contributed by atoms with Gasteiger partial charge in [-0.05, 0) is 43.5 Å². The number of methoxy groups -OCH3 is 1. The molecule has 3 heteroatoms. The molecule has 1 heterocycles. The highest BCUT2D eigenvalue weighted by Crippen LogP contribution is 2.18. The van der Waals surface area contributed by atoms with Crippen molar-refractivity contribution in [2.75, 3.05) is 20.2 Å². The second kappa shape index (κ2) is 6.76. The van der Waals surface area contributed by atoms with Gasteiger partial charge in [-0.15, -0.1) is 0 Å². The quantitative estimate of drug-likeness (QED) is 0.838. The summed E-state index contributed by atoms with van der Waals surface area (Å²) in [5, 5.41) is 7.09. The first-order valence-corrected chi connectivity index (χ1v) is 6.87. The molecule has 0 spiro atoms. The summed E-state index contributed by atoms with van der Waals surface area (Å²) in [5.74, 6) is 0.965. The van der Waals surface area contributed by atoms with E-state index in [1.165, 1.54) is 36.9 Å². The van der Waals surface area contributed by atoms with Crippen molar-refractivity contribution in [1.29, 1.82) is 0 Å². The van der Waals surface area contributed by atoms with Gasteiger partial charge in [-0.3, -0.25) is 0 Å². The normalized spacial score (nSPS) is 19.8. The van der Waals surface area contributed by atoms with Gasteiger partial charge < -0.3 is 15.4 Å². The Morgan fingerprint density at radius 1 is 1.39 bits per heavy atom. The van der Waals surface area contributed by atoms with Crippen LogP contribution in [0.25, 0.3) is 0 Å². The van der Waals surface area contributed by atoms with Crippen LogP contribution >= 0.6 is 0 Å². The van der Waals surface area contributed by atoms with Gasteiger partial charge in [0.2, 0.25) is 0 Å². The Labute approximate surface area is 110 Å². The first kappa shape index (κ1) is 13.4. The Morgan fingerprint density at radius 2 is 2.28 bits per heavy atom. The molecule has 0 radical (unpaired) electrons. The SMILES string of the molecule is COc1ccc(CNCC2CCCCN2)cc1C. The predicted molar refractivity (Wildman–Crippen MR) is 75.1 cm³/mol. The summed E-state index contributed by atoms with van der Waals surface area (Å²) < 4.78 is 5.27. The standard InChI is InChI=1S/C15H24N2O/c1-12-9-13(6-7-15(12)18-2)10-16-11-14-5-3-4-8-17-14/h6-7,9,14,16-17H,3-5,8,10-11H2,1-2H3. The van der Waals surface area contributed by atoms with Gasteiger partial charge in [-0.25, -0.2) is 0 Å². The Bertz CT molecular complexity index is 373. The van der Waals surface area contributed by atoms with Gasteiger partial charge in [0.05, 0.1) is 7.11 Å². The highest BCUT2D eigenvalue weighted by Gasteiger charge is 2.11. The summed E-state index contributed by atoms with van der Waals surface area (Å²) in [7, 11) is 1.72. The molecule has 3 nitrogen and oxygen atoms in total. The minimum Gasteiger partial charge on any atom is -0.496 e. The van der Waals surface area contributed by atoms with E-state index in [0.717, 1.165) is 18.8 Å². The van der Waals surface area contributed by atoms with E-state index < -0.39 is 0 Å². The van der Waals surface area contributed by atoms with Crippen molar-refractivity contribution < 1.29 is 4.74 Å². The Kier molecular flexibility index (Phi) is 5.02. The molecule has 0 aliphatic carbocycles. The van der Waals surface area contributed by atoms with E-state index in [1.54, 1.807) is 7.11 Å². The van der Waals surface area contributed by atoms with Crippen LogP contribution in [0.1, 0.15) is 30.4 Å². The molecule has 1 fully saturated rings. The van der Waals surface area contributed by atoms with E-state index in [1.807, 2.05) is 6.07 Å². The van der Waals surface area contributed by atoms with E-state index in [9.17, 15) is 0 Å². The summed E-state index contributed by atoms with van der Waals surface area (Å²) >= 11 is 0. The number of hydrogen-bond acceptors (Lipinski definition) is 3. The topological polar surface area (TPSA) is 33.3 Å². The van der Waals surface area contributed by atoms with Gasteiger partial charge in [0.25, 0.3) is 0 Å². The maximum absolute atomic E-state index is 5.27. The van der Waals surface area contributed by atoms with Crippen LogP contribution in [0, 0.1) is 6.92 Å². The molecule has 2 N–H and O–H groups in total. The van der Waals surface area contributed by atoms with Crippen LogP contribution in [-0.2, 0) is 6.54 Å². The van der Waals surface area contributed by atoms with E-state index in [2.05, 4.69) is 29.7 Å². The van der Waals surface area contributed by atoms with Crippen LogP contribution in [0.2, 0.25) is 0 Å². The van der Waals surface area contributed by atoms with E-state index in [-0.39, 0.29) is 0 Å². The second-order valence-electron chi connectivity index (χ2n) is 5.08. The highest BCUT2D eigenvalue weighted by molar-refractivity contribution is 5.36. The number of benzene rings is 1. The van der Waals surface area contributed by atoms with Crippen molar-refractivity contribution in [3.05, 3.63) is 29.3 Å². The summed E-state index contributed by atoms with van der Waals surface area (Å²) in [6, 6.07) is 7.02. The van der Waals surface area contributed by atoms with Gasteiger partial charge >= 0.3 is 0 Å². The molecule has 1 aromatic carbocycles. The Morgan fingerprint density at radius 3 is 2.94 bits per heavy atom. The van der Waals surface area contributed by atoms with Crippen molar-refractivity contribution >= 4 is 0 Å². The lowest BCUT2D eigenvalue weighted by atomic mass is 10.0.